The molecule has 0 aromatic heterocycles. The highest BCUT2D eigenvalue weighted by molar-refractivity contribution is 7.99. The molecular weight excluding hydrogens is 470 g/mol. The molecule has 0 aliphatic carbocycles. The number of amides is 2. The molecule has 3 aromatic rings. The van der Waals surface area contributed by atoms with Gasteiger partial charge in [0.05, 0.1) is 24.8 Å². The lowest BCUT2D eigenvalue weighted by Crippen LogP contribution is -2.38. The van der Waals surface area contributed by atoms with Crippen molar-refractivity contribution in [2.45, 2.75) is 16.6 Å². The molecule has 180 valence electrons. The predicted octanol–water partition coefficient (Wildman–Crippen LogP) is 4.82. The van der Waals surface area contributed by atoms with Gasteiger partial charge in [0.2, 0.25) is 11.8 Å². The summed E-state index contributed by atoms with van der Waals surface area (Å²) in [5, 5.41) is 13.5. The number of nitro benzene ring substituents is 1. The molecule has 1 N–H and O–H groups in total. The van der Waals surface area contributed by atoms with E-state index in [-0.39, 0.29) is 35.5 Å². The minimum atomic E-state index is -0.532. The fourth-order valence-corrected chi connectivity index (χ4v) is 5.10. The van der Waals surface area contributed by atoms with Crippen molar-refractivity contribution in [3.8, 4) is 11.5 Å². The quantitative estimate of drug-likeness (QED) is 0.371. The minimum Gasteiger partial charge on any atom is -0.493 e. The van der Waals surface area contributed by atoms with Crippen LogP contribution in [0.25, 0.3) is 0 Å². The molecule has 35 heavy (non-hydrogen) atoms. The van der Waals surface area contributed by atoms with E-state index in [1.165, 1.54) is 23.1 Å². The Kier molecular flexibility index (Phi) is 7.21. The van der Waals surface area contributed by atoms with Crippen LogP contribution in [0.1, 0.15) is 17.2 Å². The van der Waals surface area contributed by atoms with Crippen molar-refractivity contribution in [3.63, 3.8) is 0 Å². The minimum absolute atomic E-state index is 0.131. The van der Waals surface area contributed by atoms with Gasteiger partial charge in [-0.05, 0) is 35.9 Å². The third kappa shape index (κ3) is 5.38. The maximum absolute atomic E-state index is 13.4. The summed E-state index contributed by atoms with van der Waals surface area (Å²) in [5.41, 5.74) is 1.70. The summed E-state index contributed by atoms with van der Waals surface area (Å²) in [6.07, 6.45) is 0.166. The highest BCUT2D eigenvalue weighted by atomic mass is 32.2. The van der Waals surface area contributed by atoms with E-state index >= 15 is 0 Å². The first-order valence-corrected chi connectivity index (χ1v) is 11.6. The van der Waals surface area contributed by atoms with Crippen LogP contribution < -0.4 is 19.7 Å². The summed E-state index contributed by atoms with van der Waals surface area (Å²) in [5.74, 6) is 0.504. The van der Waals surface area contributed by atoms with E-state index in [2.05, 4.69) is 5.32 Å². The Morgan fingerprint density at radius 2 is 1.86 bits per heavy atom. The summed E-state index contributed by atoms with van der Waals surface area (Å²) in [6, 6.07) is 18.7. The molecule has 1 atom stereocenters. The first-order valence-electron chi connectivity index (χ1n) is 10.7. The fraction of sp³-hybridized carbons (Fsp3) is 0.200. The van der Waals surface area contributed by atoms with E-state index in [4.69, 9.17) is 9.47 Å². The number of hydrogen-bond acceptors (Lipinski definition) is 7. The molecule has 1 aliphatic rings. The Balaban J connectivity index is 1.58. The van der Waals surface area contributed by atoms with Crippen LogP contribution in [0.4, 0.5) is 17.1 Å². The van der Waals surface area contributed by atoms with Crippen LogP contribution in [-0.2, 0) is 9.59 Å². The standard InChI is InChI=1S/C25H23N3O6S/c1-33-20-11-10-16(12-21(20)34-2)23-14-25(30)27(19-8-3-4-9-22(19)35-23)15-24(29)26-17-6-5-7-18(13-17)28(31)32/h3-13,23H,14-15H2,1-2H3,(H,26,29)/t23-/m0/s1. The number of carbonyl (C=O) groups is 2. The molecule has 0 fully saturated rings. The van der Waals surface area contributed by atoms with Gasteiger partial charge in [-0.15, -0.1) is 11.8 Å². The van der Waals surface area contributed by atoms with Crippen molar-refractivity contribution in [1.29, 1.82) is 0 Å². The molecule has 9 nitrogen and oxygen atoms in total. The maximum atomic E-state index is 13.4. The second-order valence-corrected chi connectivity index (χ2v) is 8.97. The van der Waals surface area contributed by atoms with Crippen molar-refractivity contribution >= 4 is 40.6 Å². The van der Waals surface area contributed by atoms with E-state index in [0.29, 0.717) is 17.2 Å². The van der Waals surface area contributed by atoms with Crippen LogP contribution in [0, 0.1) is 10.1 Å². The molecule has 0 bridgehead atoms. The lowest BCUT2D eigenvalue weighted by Gasteiger charge is -2.22. The number of fused-ring (bicyclic) bond motifs is 1. The smallest absolute Gasteiger partial charge is 0.271 e. The largest absolute Gasteiger partial charge is 0.493 e. The van der Waals surface area contributed by atoms with Gasteiger partial charge in [-0.2, -0.15) is 0 Å². The van der Waals surface area contributed by atoms with Gasteiger partial charge in [0.15, 0.2) is 11.5 Å². The number of benzene rings is 3. The highest BCUT2D eigenvalue weighted by Gasteiger charge is 2.31. The van der Waals surface area contributed by atoms with E-state index in [9.17, 15) is 19.7 Å². The number of nitrogens with zero attached hydrogens (tertiary/aromatic N) is 2. The van der Waals surface area contributed by atoms with Gasteiger partial charge in [-0.25, -0.2) is 0 Å². The molecular formula is C25H23N3O6S. The first kappa shape index (κ1) is 24.1. The number of nitro groups is 1. The van der Waals surface area contributed by atoms with Crippen molar-refractivity contribution in [3.05, 3.63) is 82.4 Å². The predicted molar refractivity (Wildman–Crippen MR) is 133 cm³/mol. The Bertz CT molecular complexity index is 1280. The lowest BCUT2D eigenvalue weighted by molar-refractivity contribution is -0.384. The number of nitrogens with one attached hydrogen (secondary N) is 1. The van der Waals surface area contributed by atoms with Gasteiger partial charge in [0, 0.05) is 34.4 Å². The number of rotatable bonds is 7. The van der Waals surface area contributed by atoms with Crippen molar-refractivity contribution in [2.24, 2.45) is 0 Å². The average molecular weight is 494 g/mol. The van der Waals surface area contributed by atoms with Gasteiger partial charge >= 0.3 is 0 Å². The normalized spacial score (nSPS) is 15.1. The number of methoxy groups -OCH3 is 2. The van der Waals surface area contributed by atoms with Crippen LogP contribution in [0.3, 0.4) is 0 Å². The molecule has 10 heteroatoms. The Hall–Kier alpha value is -4.05. The number of ether oxygens (including phenoxy) is 2. The van der Waals surface area contributed by atoms with Gasteiger partial charge in [-0.3, -0.25) is 19.7 Å². The first-order chi connectivity index (χ1) is 16.9. The van der Waals surface area contributed by atoms with Gasteiger partial charge in [0.25, 0.3) is 5.69 Å². The summed E-state index contributed by atoms with van der Waals surface area (Å²) in [7, 11) is 3.12. The molecule has 0 saturated heterocycles. The average Bonchev–Trinajstić information content (AvgIpc) is 3.00. The summed E-state index contributed by atoms with van der Waals surface area (Å²) >= 11 is 1.54. The number of hydrogen-bond donors (Lipinski definition) is 1. The van der Waals surface area contributed by atoms with Crippen LogP contribution in [0.15, 0.2) is 71.6 Å². The SMILES string of the molecule is COc1ccc([C@@H]2CC(=O)N(CC(=O)Nc3cccc([N+](=O)[O-])c3)c3ccccc3S2)cc1OC. The zero-order chi connectivity index (χ0) is 24.9. The third-order valence-corrected chi connectivity index (χ3v) is 6.83. The topological polar surface area (TPSA) is 111 Å². The fourth-order valence-electron chi connectivity index (χ4n) is 3.83. The van der Waals surface area contributed by atoms with Crippen LogP contribution in [-0.4, -0.2) is 37.5 Å². The Morgan fingerprint density at radius 3 is 2.60 bits per heavy atom. The maximum Gasteiger partial charge on any atom is 0.271 e. The second-order valence-electron chi connectivity index (χ2n) is 7.73. The summed E-state index contributed by atoms with van der Waals surface area (Å²) in [6.45, 7) is -0.224. The number of thioether (sulfide) groups is 1. The Labute approximate surface area is 206 Å². The van der Waals surface area contributed by atoms with E-state index in [1.807, 2.05) is 30.3 Å². The molecule has 4 rings (SSSR count). The monoisotopic (exact) mass is 493 g/mol. The molecule has 3 aromatic carbocycles. The molecule has 1 heterocycles. The molecule has 0 saturated carbocycles. The number of non-ortho nitro benzene ring substituents is 1. The van der Waals surface area contributed by atoms with E-state index in [1.54, 1.807) is 44.2 Å². The van der Waals surface area contributed by atoms with E-state index in [0.717, 1.165) is 10.5 Å². The summed E-state index contributed by atoms with van der Waals surface area (Å²) in [4.78, 5) is 39.0. The van der Waals surface area contributed by atoms with Crippen molar-refractivity contribution < 1.29 is 24.0 Å². The highest BCUT2D eigenvalue weighted by Crippen LogP contribution is 2.46. The zero-order valence-corrected chi connectivity index (χ0v) is 19.9. The number of para-hydroxylation sites is 1. The van der Waals surface area contributed by atoms with Crippen LogP contribution in [0.5, 0.6) is 11.5 Å². The summed E-state index contributed by atoms with van der Waals surface area (Å²) < 4.78 is 10.7. The van der Waals surface area contributed by atoms with Crippen molar-refractivity contribution in [2.75, 3.05) is 31.0 Å². The van der Waals surface area contributed by atoms with Crippen molar-refractivity contribution in [1.82, 2.24) is 0 Å². The van der Waals surface area contributed by atoms with Gasteiger partial charge in [-0.1, -0.05) is 24.3 Å². The second kappa shape index (κ2) is 10.5. The van der Waals surface area contributed by atoms with Gasteiger partial charge < -0.3 is 19.7 Å². The van der Waals surface area contributed by atoms with Crippen LogP contribution >= 0.6 is 11.8 Å². The Morgan fingerprint density at radius 1 is 1.09 bits per heavy atom. The lowest BCUT2D eigenvalue weighted by atomic mass is 10.1. The molecule has 0 unspecified atom stereocenters. The number of anilines is 2. The molecule has 1 aliphatic heterocycles. The van der Waals surface area contributed by atoms with E-state index < -0.39 is 10.8 Å². The molecule has 0 spiro atoms. The molecule has 0 radical (unpaired) electrons. The number of carbonyl (C=O) groups excluding carboxylic acids is 2. The van der Waals surface area contributed by atoms with Crippen LogP contribution in [0.2, 0.25) is 0 Å². The zero-order valence-electron chi connectivity index (χ0n) is 19.1. The third-order valence-electron chi connectivity index (χ3n) is 5.51. The molecule has 2 amide bonds. The van der Waals surface area contributed by atoms with Gasteiger partial charge in [0.1, 0.15) is 6.54 Å².